The first-order valence-corrected chi connectivity index (χ1v) is 7.34. The molecule has 1 aliphatic rings. The predicted octanol–water partition coefficient (Wildman–Crippen LogP) is 2.76. The molecule has 1 aromatic carbocycles. The number of amides is 1. The van der Waals surface area contributed by atoms with E-state index >= 15 is 0 Å². The Morgan fingerprint density at radius 1 is 1.50 bits per heavy atom. The van der Waals surface area contributed by atoms with Crippen LogP contribution in [0.25, 0.3) is 0 Å². The number of hydrogen-bond acceptors (Lipinski definition) is 3. The van der Waals surface area contributed by atoms with Gasteiger partial charge >= 0.3 is 0 Å². The van der Waals surface area contributed by atoms with E-state index in [1.54, 1.807) is 7.11 Å². The molecule has 2 rings (SSSR count). The predicted molar refractivity (Wildman–Crippen MR) is 83.8 cm³/mol. The van der Waals surface area contributed by atoms with Gasteiger partial charge in [0.25, 0.3) is 5.91 Å². The SMILES string of the molecule is COCC1=CCN(C(=O)c2cc(Br)cc(N)c2C)CC1. The molecular formula is C15H19BrN2O2. The molecule has 1 heterocycles. The third kappa shape index (κ3) is 3.22. The number of halogens is 1. The second kappa shape index (κ2) is 6.41. The van der Waals surface area contributed by atoms with Gasteiger partial charge in [-0.1, -0.05) is 22.0 Å². The first kappa shape index (κ1) is 15.1. The summed E-state index contributed by atoms with van der Waals surface area (Å²) in [6.45, 7) is 3.87. The molecule has 0 bridgehead atoms. The highest BCUT2D eigenvalue weighted by Crippen LogP contribution is 2.25. The molecular weight excluding hydrogens is 320 g/mol. The Kier molecular flexibility index (Phi) is 4.83. The maximum atomic E-state index is 12.6. The van der Waals surface area contributed by atoms with Crippen LogP contribution >= 0.6 is 15.9 Å². The Morgan fingerprint density at radius 2 is 2.25 bits per heavy atom. The number of carbonyl (C=O) groups is 1. The minimum atomic E-state index is 0.0308. The molecule has 0 saturated carbocycles. The van der Waals surface area contributed by atoms with Crippen LogP contribution in [0.5, 0.6) is 0 Å². The van der Waals surface area contributed by atoms with Crippen molar-refractivity contribution in [2.75, 3.05) is 32.5 Å². The summed E-state index contributed by atoms with van der Waals surface area (Å²) < 4.78 is 5.95. The van der Waals surface area contributed by atoms with Crippen LogP contribution in [0.4, 0.5) is 5.69 Å². The molecule has 1 aliphatic heterocycles. The lowest BCUT2D eigenvalue weighted by Crippen LogP contribution is -2.35. The highest BCUT2D eigenvalue weighted by molar-refractivity contribution is 9.10. The standard InChI is InChI=1S/C15H19BrN2O2/c1-10-13(7-12(16)8-14(10)17)15(19)18-5-3-11(4-6-18)9-20-2/h3,7-8H,4-6,9,17H2,1-2H3. The fourth-order valence-corrected chi connectivity index (χ4v) is 2.78. The van der Waals surface area contributed by atoms with E-state index in [1.165, 1.54) is 5.57 Å². The molecule has 0 aromatic heterocycles. The number of carbonyl (C=O) groups excluding carboxylic acids is 1. The van der Waals surface area contributed by atoms with E-state index in [1.807, 2.05) is 24.0 Å². The van der Waals surface area contributed by atoms with Gasteiger partial charge in [0.1, 0.15) is 0 Å². The van der Waals surface area contributed by atoms with Crippen LogP contribution in [0.1, 0.15) is 22.3 Å². The van der Waals surface area contributed by atoms with Gasteiger partial charge in [0.15, 0.2) is 0 Å². The van der Waals surface area contributed by atoms with Gasteiger partial charge in [-0.05, 0) is 36.6 Å². The molecule has 0 unspecified atom stereocenters. The van der Waals surface area contributed by atoms with E-state index < -0.39 is 0 Å². The van der Waals surface area contributed by atoms with Crippen molar-refractivity contribution in [3.05, 3.63) is 39.4 Å². The largest absolute Gasteiger partial charge is 0.398 e. The second-order valence-corrected chi connectivity index (χ2v) is 5.88. The molecule has 2 N–H and O–H groups in total. The van der Waals surface area contributed by atoms with Crippen LogP contribution in [0, 0.1) is 6.92 Å². The monoisotopic (exact) mass is 338 g/mol. The summed E-state index contributed by atoms with van der Waals surface area (Å²) in [5.41, 5.74) is 9.31. The van der Waals surface area contributed by atoms with Gasteiger partial charge in [-0.15, -0.1) is 0 Å². The Hall–Kier alpha value is -1.33. The zero-order valence-electron chi connectivity index (χ0n) is 11.8. The first-order chi connectivity index (χ1) is 9.52. The average Bonchev–Trinajstić information content (AvgIpc) is 2.43. The number of nitrogens with two attached hydrogens (primary N) is 1. The number of anilines is 1. The van der Waals surface area contributed by atoms with E-state index in [9.17, 15) is 4.79 Å². The number of benzene rings is 1. The lowest BCUT2D eigenvalue weighted by Gasteiger charge is -2.27. The summed E-state index contributed by atoms with van der Waals surface area (Å²) in [7, 11) is 1.69. The van der Waals surface area contributed by atoms with Gasteiger partial charge in [0, 0.05) is 35.9 Å². The fourth-order valence-electron chi connectivity index (χ4n) is 2.30. The summed E-state index contributed by atoms with van der Waals surface area (Å²) in [6.07, 6.45) is 2.93. The molecule has 5 heteroatoms. The smallest absolute Gasteiger partial charge is 0.254 e. The summed E-state index contributed by atoms with van der Waals surface area (Å²) in [6, 6.07) is 3.65. The van der Waals surface area contributed by atoms with Gasteiger partial charge in [0.2, 0.25) is 0 Å². The maximum absolute atomic E-state index is 12.6. The van der Waals surface area contributed by atoms with E-state index in [0.717, 1.165) is 23.0 Å². The van der Waals surface area contributed by atoms with Crippen molar-refractivity contribution >= 4 is 27.5 Å². The Labute approximate surface area is 127 Å². The lowest BCUT2D eigenvalue weighted by atomic mass is 10.0. The van der Waals surface area contributed by atoms with E-state index in [2.05, 4.69) is 22.0 Å². The van der Waals surface area contributed by atoms with Gasteiger partial charge < -0.3 is 15.4 Å². The molecule has 0 saturated heterocycles. The zero-order valence-corrected chi connectivity index (χ0v) is 13.4. The molecule has 0 aliphatic carbocycles. The fraction of sp³-hybridized carbons (Fsp3) is 0.400. The molecule has 0 fully saturated rings. The van der Waals surface area contributed by atoms with Crippen molar-refractivity contribution in [3.63, 3.8) is 0 Å². The molecule has 0 spiro atoms. The number of nitrogen functional groups attached to an aromatic ring is 1. The van der Waals surface area contributed by atoms with Crippen LogP contribution in [0.15, 0.2) is 28.3 Å². The molecule has 108 valence electrons. The number of methoxy groups -OCH3 is 1. The average molecular weight is 339 g/mol. The van der Waals surface area contributed by atoms with Crippen molar-refractivity contribution in [3.8, 4) is 0 Å². The normalized spacial score (nSPS) is 15.2. The number of ether oxygens (including phenoxy) is 1. The minimum Gasteiger partial charge on any atom is -0.398 e. The summed E-state index contributed by atoms with van der Waals surface area (Å²) in [5.74, 6) is 0.0308. The first-order valence-electron chi connectivity index (χ1n) is 6.54. The second-order valence-electron chi connectivity index (χ2n) is 4.96. The highest BCUT2D eigenvalue weighted by atomic mass is 79.9. The molecule has 1 amide bonds. The van der Waals surface area contributed by atoms with E-state index in [0.29, 0.717) is 24.4 Å². The Balaban J connectivity index is 2.17. The highest BCUT2D eigenvalue weighted by Gasteiger charge is 2.21. The van der Waals surface area contributed by atoms with Gasteiger partial charge in [-0.3, -0.25) is 4.79 Å². The van der Waals surface area contributed by atoms with Crippen molar-refractivity contribution in [1.82, 2.24) is 4.90 Å². The van der Waals surface area contributed by atoms with Crippen LogP contribution in [-0.2, 0) is 4.74 Å². The van der Waals surface area contributed by atoms with Crippen LogP contribution < -0.4 is 5.73 Å². The topological polar surface area (TPSA) is 55.6 Å². The summed E-state index contributed by atoms with van der Waals surface area (Å²) >= 11 is 3.39. The molecule has 4 nitrogen and oxygen atoms in total. The van der Waals surface area contributed by atoms with Crippen molar-refractivity contribution in [2.24, 2.45) is 0 Å². The Bertz CT molecular complexity index is 555. The molecule has 0 radical (unpaired) electrons. The van der Waals surface area contributed by atoms with Gasteiger partial charge in [-0.2, -0.15) is 0 Å². The van der Waals surface area contributed by atoms with Crippen LogP contribution in [-0.4, -0.2) is 37.6 Å². The molecule has 20 heavy (non-hydrogen) atoms. The summed E-state index contributed by atoms with van der Waals surface area (Å²) in [4.78, 5) is 14.4. The van der Waals surface area contributed by atoms with E-state index in [-0.39, 0.29) is 5.91 Å². The number of hydrogen-bond donors (Lipinski definition) is 1. The minimum absolute atomic E-state index is 0.0308. The summed E-state index contributed by atoms with van der Waals surface area (Å²) in [5, 5.41) is 0. The maximum Gasteiger partial charge on any atom is 0.254 e. The van der Waals surface area contributed by atoms with Crippen molar-refractivity contribution < 1.29 is 9.53 Å². The van der Waals surface area contributed by atoms with Gasteiger partial charge in [-0.25, -0.2) is 0 Å². The number of nitrogens with zero attached hydrogens (tertiary/aromatic N) is 1. The van der Waals surface area contributed by atoms with Crippen LogP contribution in [0.3, 0.4) is 0 Å². The zero-order chi connectivity index (χ0) is 14.7. The van der Waals surface area contributed by atoms with Crippen LogP contribution in [0.2, 0.25) is 0 Å². The quantitative estimate of drug-likeness (QED) is 0.681. The molecule has 0 atom stereocenters. The molecule has 1 aromatic rings. The Morgan fingerprint density at radius 3 is 2.85 bits per heavy atom. The number of rotatable bonds is 3. The van der Waals surface area contributed by atoms with Crippen molar-refractivity contribution in [1.29, 1.82) is 0 Å². The third-order valence-electron chi connectivity index (χ3n) is 3.56. The third-order valence-corrected chi connectivity index (χ3v) is 4.02. The van der Waals surface area contributed by atoms with Crippen molar-refractivity contribution in [2.45, 2.75) is 13.3 Å². The van der Waals surface area contributed by atoms with Gasteiger partial charge in [0.05, 0.1) is 6.61 Å². The van der Waals surface area contributed by atoms with E-state index in [4.69, 9.17) is 10.5 Å². The lowest BCUT2D eigenvalue weighted by molar-refractivity contribution is 0.0764.